The van der Waals surface area contributed by atoms with Crippen molar-refractivity contribution < 1.29 is 14.3 Å². The van der Waals surface area contributed by atoms with E-state index in [1.165, 1.54) is 0 Å². The molecule has 23 heavy (non-hydrogen) atoms. The number of unbranched alkanes of at least 4 members (excludes halogenated alkanes) is 2. The number of aryl methyl sites for hydroxylation is 1. The summed E-state index contributed by atoms with van der Waals surface area (Å²) in [5.74, 6) is 0.501. The van der Waals surface area contributed by atoms with Gasteiger partial charge in [0.05, 0.1) is 0 Å². The molecule has 1 atom stereocenters. The van der Waals surface area contributed by atoms with Crippen molar-refractivity contribution in [1.29, 1.82) is 0 Å². The van der Waals surface area contributed by atoms with Crippen molar-refractivity contribution in [3.05, 3.63) is 65.7 Å². The zero-order chi connectivity index (χ0) is 16.5. The lowest BCUT2D eigenvalue weighted by Crippen LogP contribution is -2.15. The van der Waals surface area contributed by atoms with E-state index in [0.29, 0.717) is 5.75 Å². The Hall–Kier alpha value is -2.29. The van der Waals surface area contributed by atoms with Gasteiger partial charge in [-0.05, 0) is 37.5 Å². The highest BCUT2D eigenvalue weighted by atomic mass is 16.7. The fourth-order valence-corrected chi connectivity index (χ4v) is 2.38. The van der Waals surface area contributed by atoms with Gasteiger partial charge in [-0.25, -0.2) is 4.79 Å². The summed E-state index contributed by atoms with van der Waals surface area (Å²) in [7, 11) is 0. The van der Waals surface area contributed by atoms with Crippen LogP contribution in [-0.2, 0) is 4.74 Å². The van der Waals surface area contributed by atoms with E-state index in [9.17, 15) is 4.79 Å². The van der Waals surface area contributed by atoms with Gasteiger partial charge in [-0.15, -0.1) is 0 Å². The van der Waals surface area contributed by atoms with Gasteiger partial charge in [-0.3, -0.25) is 0 Å². The van der Waals surface area contributed by atoms with E-state index in [2.05, 4.69) is 6.92 Å². The molecule has 0 amide bonds. The van der Waals surface area contributed by atoms with Crippen molar-refractivity contribution in [2.75, 3.05) is 0 Å². The molecular weight excluding hydrogens is 288 g/mol. The first-order chi connectivity index (χ1) is 11.2. The maximum atomic E-state index is 12.1. The average molecular weight is 312 g/mol. The topological polar surface area (TPSA) is 35.5 Å². The number of carbonyl (C=O) groups is 1. The van der Waals surface area contributed by atoms with Gasteiger partial charge in [-0.2, -0.15) is 0 Å². The van der Waals surface area contributed by atoms with Gasteiger partial charge in [0, 0.05) is 0 Å². The Bertz CT molecular complexity index is 590. The molecule has 0 radical (unpaired) electrons. The molecule has 0 aromatic heterocycles. The van der Waals surface area contributed by atoms with E-state index in [1.807, 2.05) is 49.4 Å². The van der Waals surface area contributed by atoms with Gasteiger partial charge >= 0.3 is 6.16 Å². The summed E-state index contributed by atoms with van der Waals surface area (Å²) < 4.78 is 10.8. The molecule has 0 saturated carbocycles. The molecule has 0 bridgehead atoms. The van der Waals surface area contributed by atoms with Gasteiger partial charge in [0.25, 0.3) is 0 Å². The highest BCUT2D eigenvalue weighted by Crippen LogP contribution is 2.25. The van der Waals surface area contributed by atoms with Crippen molar-refractivity contribution in [3.8, 4) is 5.75 Å². The summed E-state index contributed by atoms with van der Waals surface area (Å²) in [6.07, 6.45) is 3.17. The molecule has 0 aliphatic carbocycles. The van der Waals surface area contributed by atoms with E-state index in [1.54, 1.807) is 12.1 Å². The molecule has 0 aliphatic heterocycles. The van der Waals surface area contributed by atoms with Gasteiger partial charge in [0.1, 0.15) is 11.9 Å². The minimum atomic E-state index is -0.654. The third kappa shape index (κ3) is 5.78. The second kappa shape index (κ2) is 8.99. The number of hydrogen-bond acceptors (Lipinski definition) is 3. The molecule has 122 valence electrons. The molecule has 3 nitrogen and oxygen atoms in total. The summed E-state index contributed by atoms with van der Waals surface area (Å²) in [5, 5.41) is 0. The zero-order valence-electron chi connectivity index (χ0n) is 13.8. The van der Waals surface area contributed by atoms with Crippen molar-refractivity contribution in [2.24, 2.45) is 0 Å². The van der Waals surface area contributed by atoms with Gasteiger partial charge in [0.2, 0.25) is 0 Å². The molecule has 2 aromatic rings. The van der Waals surface area contributed by atoms with Crippen LogP contribution in [0.25, 0.3) is 0 Å². The molecule has 0 heterocycles. The van der Waals surface area contributed by atoms with Crippen LogP contribution in [0.4, 0.5) is 4.79 Å². The monoisotopic (exact) mass is 312 g/mol. The highest BCUT2D eigenvalue weighted by molar-refractivity contribution is 5.64. The van der Waals surface area contributed by atoms with Gasteiger partial charge < -0.3 is 9.47 Å². The second-order valence-electron chi connectivity index (χ2n) is 5.68. The minimum absolute atomic E-state index is 0.263. The van der Waals surface area contributed by atoms with E-state index >= 15 is 0 Å². The zero-order valence-corrected chi connectivity index (χ0v) is 13.8. The van der Waals surface area contributed by atoms with Crippen LogP contribution >= 0.6 is 0 Å². The molecule has 0 fully saturated rings. The Balaban J connectivity index is 1.98. The lowest BCUT2D eigenvalue weighted by atomic mass is 10.0. The van der Waals surface area contributed by atoms with Crippen LogP contribution in [0.5, 0.6) is 5.75 Å². The molecule has 1 unspecified atom stereocenters. The third-order valence-electron chi connectivity index (χ3n) is 3.70. The SMILES string of the molecule is CCCCCC(OC(=O)Oc1ccc(C)cc1)c1ccccc1. The van der Waals surface area contributed by atoms with Gasteiger partial charge in [-0.1, -0.05) is 67.8 Å². The van der Waals surface area contributed by atoms with Crippen LogP contribution in [0.3, 0.4) is 0 Å². The number of rotatable bonds is 7. The maximum Gasteiger partial charge on any atom is 0.514 e. The molecule has 2 aromatic carbocycles. The van der Waals surface area contributed by atoms with Crippen molar-refractivity contribution in [1.82, 2.24) is 0 Å². The summed E-state index contributed by atoms with van der Waals surface area (Å²) >= 11 is 0. The number of hydrogen-bond donors (Lipinski definition) is 0. The molecule has 3 heteroatoms. The van der Waals surface area contributed by atoms with Crippen LogP contribution < -0.4 is 4.74 Å². The highest BCUT2D eigenvalue weighted by Gasteiger charge is 2.17. The van der Waals surface area contributed by atoms with Crippen LogP contribution in [0.1, 0.15) is 49.8 Å². The van der Waals surface area contributed by atoms with Crippen LogP contribution in [0.15, 0.2) is 54.6 Å². The first-order valence-corrected chi connectivity index (χ1v) is 8.19. The van der Waals surface area contributed by atoms with Crippen LogP contribution in [0, 0.1) is 6.92 Å². The van der Waals surface area contributed by atoms with Crippen molar-refractivity contribution in [2.45, 2.75) is 45.6 Å². The van der Waals surface area contributed by atoms with Crippen molar-refractivity contribution >= 4 is 6.16 Å². The van der Waals surface area contributed by atoms with E-state index in [-0.39, 0.29) is 6.10 Å². The van der Waals surface area contributed by atoms with E-state index < -0.39 is 6.16 Å². The summed E-state index contributed by atoms with van der Waals surface area (Å²) in [6, 6.07) is 17.2. The lowest BCUT2D eigenvalue weighted by molar-refractivity contribution is 0.0528. The Labute approximate surface area is 138 Å². The molecule has 2 rings (SSSR count). The largest absolute Gasteiger partial charge is 0.514 e. The first-order valence-electron chi connectivity index (χ1n) is 8.19. The predicted molar refractivity (Wildman–Crippen MR) is 91.6 cm³/mol. The Morgan fingerprint density at radius 3 is 2.35 bits per heavy atom. The fraction of sp³-hybridized carbons (Fsp3) is 0.350. The molecule has 0 spiro atoms. The van der Waals surface area contributed by atoms with E-state index in [4.69, 9.17) is 9.47 Å². The lowest BCUT2D eigenvalue weighted by Gasteiger charge is -2.18. The minimum Gasteiger partial charge on any atom is -0.426 e. The molecule has 0 N–H and O–H groups in total. The summed E-state index contributed by atoms with van der Waals surface area (Å²) in [4.78, 5) is 12.1. The molecular formula is C20H24O3. The predicted octanol–water partition coefficient (Wildman–Crippen LogP) is 5.83. The second-order valence-corrected chi connectivity index (χ2v) is 5.68. The number of ether oxygens (including phenoxy) is 2. The van der Waals surface area contributed by atoms with Crippen LogP contribution in [0.2, 0.25) is 0 Å². The first kappa shape index (κ1) is 17.1. The summed E-state index contributed by atoms with van der Waals surface area (Å²) in [6.45, 7) is 4.14. The summed E-state index contributed by atoms with van der Waals surface area (Å²) in [5.41, 5.74) is 2.12. The van der Waals surface area contributed by atoms with E-state index in [0.717, 1.165) is 36.8 Å². The quantitative estimate of drug-likeness (QED) is 0.366. The Kier molecular flexibility index (Phi) is 6.67. The number of benzene rings is 2. The van der Waals surface area contributed by atoms with Gasteiger partial charge in [0.15, 0.2) is 0 Å². The maximum absolute atomic E-state index is 12.1. The normalized spacial score (nSPS) is 11.7. The molecule has 0 aliphatic rings. The standard InChI is InChI=1S/C20H24O3/c1-3-4-6-11-19(17-9-7-5-8-10-17)23-20(21)22-18-14-12-16(2)13-15-18/h5,7-10,12-15,19H,3-4,6,11H2,1-2H3. The van der Waals surface area contributed by atoms with Crippen LogP contribution in [-0.4, -0.2) is 6.16 Å². The average Bonchev–Trinajstić information content (AvgIpc) is 2.57. The fourth-order valence-electron chi connectivity index (χ4n) is 2.38. The Morgan fingerprint density at radius 1 is 1.00 bits per heavy atom. The molecule has 0 saturated heterocycles. The number of carbonyl (C=O) groups excluding carboxylic acids is 1. The smallest absolute Gasteiger partial charge is 0.426 e. The Morgan fingerprint density at radius 2 is 1.70 bits per heavy atom. The van der Waals surface area contributed by atoms with Crippen molar-refractivity contribution in [3.63, 3.8) is 0 Å². The third-order valence-corrected chi connectivity index (χ3v) is 3.70.